The lowest BCUT2D eigenvalue weighted by Gasteiger charge is -1.90. The zero-order chi connectivity index (χ0) is 4.41. The van der Waals surface area contributed by atoms with Crippen molar-refractivity contribution in [3.05, 3.63) is 0 Å². The Morgan fingerprint density at radius 3 is 2.83 bits per heavy atom. The maximum Gasteiger partial charge on any atom is 0.173 e. The minimum atomic E-state index is -0.245. The van der Waals surface area contributed by atoms with Crippen molar-refractivity contribution in [1.29, 1.82) is 0 Å². The molecule has 3 N–H and O–H groups in total. The molecule has 4 heteroatoms. The predicted octanol–water partition coefficient (Wildman–Crippen LogP) is -0.758. The second-order valence-electron chi connectivity index (χ2n) is 1.06. The largest absolute Gasteiger partial charge is 0.296 e. The second-order valence-corrected chi connectivity index (χ2v) is 1.06. The van der Waals surface area contributed by atoms with Crippen LogP contribution in [0, 0.1) is 0 Å². The first-order chi connectivity index (χ1) is 2.89. The summed E-state index contributed by atoms with van der Waals surface area (Å²) in [5.41, 5.74) is 5.16. The van der Waals surface area contributed by atoms with E-state index in [1.165, 1.54) is 0 Å². The molecule has 0 saturated heterocycles. The molecule has 1 aliphatic rings. The summed E-state index contributed by atoms with van der Waals surface area (Å²) in [7, 11) is 0. The van der Waals surface area contributed by atoms with Gasteiger partial charge in [-0.25, -0.2) is 0 Å². The summed E-state index contributed by atoms with van der Waals surface area (Å²) in [6, 6.07) is 0. The fourth-order valence-corrected chi connectivity index (χ4v) is 0.304. The van der Waals surface area contributed by atoms with Gasteiger partial charge in [-0.3, -0.25) is 11.1 Å². The van der Waals surface area contributed by atoms with Gasteiger partial charge in [0.1, 0.15) is 6.67 Å². The Bertz CT molecular complexity index is 67.9. The molecular formula is C2H6N4. The first-order valence-corrected chi connectivity index (χ1v) is 1.75. The molecule has 0 bridgehead atoms. The van der Waals surface area contributed by atoms with Gasteiger partial charge in [0.05, 0.1) is 0 Å². The van der Waals surface area contributed by atoms with Crippen molar-refractivity contribution in [2.75, 3.05) is 6.67 Å². The predicted molar refractivity (Wildman–Crippen MR) is 20.8 cm³/mol. The van der Waals surface area contributed by atoms with Crippen LogP contribution in [0.1, 0.15) is 0 Å². The first kappa shape index (κ1) is 3.70. The number of nitrogens with zero attached hydrogens (tertiary/aromatic N) is 2. The Morgan fingerprint density at radius 2 is 2.67 bits per heavy atom. The second kappa shape index (κ2) is 1.32. The van der Waals surface area contributed by atoms with Crippen LogP contribution >= 0.6 is 0 Å². The van der Waals surface area contributed by atoms with Gasteiger partial charge >= 0.3 is 0 Å². The van der Waals surface area contributed by atoms with Crippen molar-refractivity contribution in [3.63, 3.8) is 0 Å². The lowest BCUT2D eigenvalue weighted by Crippen LogP contribution is -2.30. The van der Waals surface area contributed by atoms with Crippen LogP contribution in [-0.4, -0.2) is 13.0 Å². The highest BCUT2D eigenvalue weighted by atomic mass is 15.4. The van der Waals surface area contributed by atoms with Gasteiger partial charge in [-0.15, -0.1) is 0 Å². The highest BCUT2D eigenvalue weighted by molar-refractivity contribution is 4.55. The molecule has 0 spiro atoms. The first-order valence-electron chi connectivity index (χ1n) is 1.75. The molecule has 1 heterocycles. The van der Waals surface area contributed by atoms with E-state index >= 15 is 0 Å². The summed E-state index contributed by atoms with van der Waals surface area (Å²) in [6.07, 6.45) is -0.245. The molecule has 0 aliphatic carbocycles. The summed E-state index contributed by atoms with van der Waals surface area (Å²) in [5, 5.41) is 9.84. The molecule has 4 nitrogen and oxygen atoms in total. The van der Waals surface area contributed by atoms with E-state index in [0.29, 0.717) is 6.67 Å². The summed E-state index contributed by atoms with van der Waals surface area (Å²) in [5.74, 6) is 0. The zero-order valence-electron chi connectivity index (χ0n) is 3.26. The molecule has 0 aromatic heterocycles. The lowest BCUT2D eigenvalue weighted by atomic mass is 10.9. The summed E-state index contributed by atoms with van der Waals surface area (Å²) in [4.78, 5) is 0. The summed E-state index contributed by atoms with van der Waals surface area (Å²) < 4.78 is 0. The van der Waals surface area contributed by atoms with Gasteiger partial charge in [-0.05, 0) is 0 Å². The number of nitrogens with one attached hydrogen (secondary N) is 1. The van der Waals surface area contributed by atoms with Crippen molar-refractivity contribution in [3.8, 4) is 0 Å². The van der Waals surface area contributed by atoms with Gasteiger partial charge < -0.3 is 0 Å². The molecular weight excluding hydrogens is 80.0 g/mol. The van der Waals surface area contributed by atoms with Crippen LogP contribution in [0.25, 0.3) is 0 Å². The van der Waals surface area contributed by atoms with Crippen molar-refractivity contribution >= 4 is 0 Å². The number of hydrogen-bond acceptors (Lipinski definition) is 4. The van der Waals surface area contributed by atoms with Gasteiger partial charge in [0.2, 0.25) is 0 Å². The molecule has 0 aromatic carbocycles. The van der Waals surface area contributed by atoms with E-state index in [9.17, 15) is 0 Å². The molecule has 0 saturated carbocycles. The Labute approximate surface area is 35.4 Å². The Balaban J connectivity index is 2.38. The van der Waals surface area contributed by atoms with Crippen LogP contribution in [0.5, 0.6) is 0 Å². The van der Waals surface area contributed by atoms with Gasteiger partial charge in [0, 0.05) is 0 Å². The van der Waals surface area contributed by atoms with Crippen molar-refractivity contribution in [1.82, 2.24) is 5.32 Å². The highest BCUT2D eigenvalue weighted by Crippen LogP contribution is 1.84. The lowest BCUT2D eigenvalue weighted by molar-refractivity contribution is 0.630. The van der Waals surface area contributed by atoms with E-state index in [2.05, 4.69) is 15.5 Å². The summed E-state index contributed by atoms with van der Waals surface area (Å²) >= 11 is 0. The molecule has 0 fully saturated rings. The van der Waals surface area contributed by atoms with E-state index in [1.807, 2.05) is 0 Å². The average Bonchev–Trinajstić information content (AvgIpc) is 1.86. The minimum Gasteiger partial charge on any atom is -0.296 e. The van der Waals surface area contributed by atoms with Crippen molar-refractivity contribution < 1.29 is 0 Å². The molecule has 1 aliphatic heterocycles. The highest BCUT2D eigenvalue weighted by Gasteiger charge is 1.99. The summed E-state index contributed by atoms with van der Waals surface area (Å²) in [6.45, 7) is 0.571. The zero-order valence-corrected chi connectivity index (χ0v) is 3.26. The standard InChI is InChI=1S/C2H6N4/c3-2-4-1-5-6-2/h2,4H,1,3H2. The minimum absolute atomic E-state index is 0.245. The fourth-order valence-electron chi connectivity index (χ4n) is 0.304. The van der Waals surface area contributed by atoms with E-state index in [-0.39, 0.29) is 6.29 Å². The van der Waals surface area contributed by atoms with E-state index in [0.717, 1.165) is 0 Å². The third-order valence-corrected chi connectivity index (χ3v) is 0.577. The van der Waals surface area contributed by atoms with Crippen molar-refractivity contribution in [2.45, 2.75) is 6.29 Å². The Hall–Kier alpha value is -0.480. The van der Waals surface area contributed by atoms with Gasteiger partial charge in [0.15, 0.2) is 6.29 Å². The quantitative estimate of drug-likeness (QED) is 0.407. The monoisotopic (exact) mass is 86.1 g/mol. The molecule has 34 valence electrons. The molecule has 6 heavy (non-hydrogen) atoms. The topological polar surface area (TPSA) is 62.8 Å². The normalized spacial score (nSPS) is 31.8. The van der Waals surface area contributed by atoms with E-state index in [4.69, 9.17) is 5.73 Å². The van der Waals surface area contributed by atoms with Crippen LogP contribution < -0.4 is 11.1 Å². The fraction of sp³-hybridized carbons (Fsp3) is 1.00. The number of azo groups is 1. The number of hydrogen-bond donors (Lipinski definition) is 2. The molecule has 1 atom stereocenters. The van der Waals surface area contributed by atoms with Gasteiger partial charge in [0.25, 0.3) is 0 Å². The van der Waals surface area contributed by atoms with E-state index < -0.39 is 0 Å². The number of rotatable bonds is 0. The SMILES string of the molecule is NC1N=NCN1. The van der Waals surface area contributed by atoms with Crippen LogP contribution in [0.4, 0.5) is 0 Å². The molecule has 1 rings (SSSR count). The van der Waals surface area contributed by atoms with Crippen LogP contribution in [0.15, 0.2) is 10.2 Å². The average molecular weight is 86.1 g/mol. The Kier molecular flexibility index (Phi) is 0.813. The van der Waals surface area contributed by atoms with Gasteiger partial charge in [-0.1, -0.05) is 0 Å². The van der Waals surface area contributed by atoms with Gasteiger partial charge in [-0.2, -0.15) is 10.2 Å². The van der Waals surface area contributed by atoms with Crippen molar-refractivity contribution in [2.24, 2.45) is 16.0 Å². The maximum absolute atomic E-state index is 5.16. The van der Waals surface area contributed by atoms with E-state index in [1.54, 1.807) is 0 Å². The third-order valence-electron chi connectivity index (χ3n) is 0.577. The Morgan fingerprint density at radius 1 is 1.83 bits per heavy atom. The third kappa shape index (κ3) is 0.526. The van der Waals surface area contributed by atoms with Crippen LogP contribution in [0.3, 0.4) is 0 Å². The maximum atomic E-state index is 5.16. The van der Waals surface area contributed by atoms with Crippen LogP contribution in [-0.2, 0) is 0 Å². The molecule has 0 aromatic rings. The van der Waals surface area contributed by atoms with Crippen LogP contribution in [0.2, 0.25) is 0 Å². The molecule has 1 unspecified atom stereocenters. The molecule has 0 amide bonds. The molecule has 0 radical (unpaired) electrons. The smallest absolute Gasteiger partial charge is 0.173 e. The number of nitrogens with two attached hydrogens (primary N) is 1.